The SMILES string of the molecule is CC(C)Cc1cc(CC(C)C)c(O)c(-c2cc(CC(C)C)cc(CC(C)C)c2O)c1. The van der Waals surface area contributed by atoms with E-state index in [4.69, 9.17) is 0 Å². The topological polar surface area (TPSA) is 40.5 Å². The van der Waals surface area contributed by atoms with Gasteiger partial charge in [-0.05, 0) is 83.7 Å². The van der Waals surface area contributed by atoms with Crippen LogP contribution in [0.3, 0.4) is 0 Å². The molecule has 166 valence electrons. The largest absolute Gasteiger partial charge is 0.507 e. The van der Waals surface area contributed by atoms with Crippen molar-refractivity contribution in [3.63, 3.8) is 0 Å². The quantitative estimate of drug-likeness (QED) is 0.448. The van der Waals surface area contributed by atoms with Crippen molar-refractivity contribution in [3.8, 4) is 22.6 Å². The van der Waals surface area contributed by atoms with Crippen molar-refractivity contribution in [2.24, 2.45) is 23.7 Å². The first-order valence-corrected chi connectivity index (χ1v) is 11.7. The van der Waals surface area contributed by atoms with E-state index < -0.39 is 0 Å². The van der Waals surface area contributed by atoms with E-state index in [1.165, 1.54) is 11.1 Å². The first kappa shape index (κ1) is 24.3. The lowest BCUT2D eigenvalue weighted by molar-refractivity contribution is 0.455. The molecule has 0 fully saturated rings. The second kappa shape index (κ2) is 10.4. The molecule has 30 heavy (non-hydrogen) atoms. The molecule has 0 spiro atoms. The maximum Gasteiger partial charge on any atom is 0.126 e. The predicted octanol–water partition coefficient (Wildman–Crippen LogP) is 7.56. The average molecular weight is 411 g/mol. The van der Waals surface area contributed by atoms with Crippen LogP contribution in [0.5, 0.6) is 11.5 Å². The van der Waals surface area contributed by atoms with Gasteiger partial charge in [0.1, 0.15) is 11.5 Å². The van der Waals surface area contributed by atoms with E-state index in [9.17, 15) is 10.2 Å². The molecule has 0 unspecified atom stereocenters. The highest BCUT2D eigenvalue weighted by molar-refractivity contribution is 5.79. The van der Waals surface area contributed by atoms with Gasteiger partial charge in [-0.3, -0.25) is 0 Å². The Morgan fingerprint density at radius 1 is 0.500 bits per heavy atom. The van der Waals surface area contributed by atoms with Gasteiger partial charge in [0, 0.05) is 11.1 Å². The van der Waals surface area contributed by atoms with Gasteiger partial charge in [-0.2, -0.15) is 0 Å². The Morgan fingerprint density at radius 3 is 1.07 bits per heavy atom. The summed E-state index contributed by atoms with van der Waals surface area (Å²) < 4.78 is 0. The fraction of sp³-hybridized carbons (Fsp3) is 0.571. The average Bonchev–Trinajstić information content (AvgIpc) is 2.58. The van der Waals surface area contributed by atoms with E-state index >= 15 is 0 Å². The predicted molar refractivity (Wildman–Crippen MR) is 129 cm³/mol. The number of aromatic hydroxyl groups is 2. The van der Waals surface area contributed by atoms with E-state index in [-0.39, 0.29) is 0 Å². The van der Waals surface area contributed by atoms with Crippen LogP contribution in [-0.2, 0) is 25.7 Å². The highest BCUT2D eigenvalue weighted by Gasteiger charge is 2.19. The number of benzene rings is 2. The standard InChI is InChI=1S/C28H42O2/c1-17(2)9-21-13-23(11-19(5)6)27(29)25(15-21)26-16-22(10-18(3)4)14-24(28(26)30)12-20(7)8/h13-20,29-30H,9-12H2,1-8H3. The van der Waals surface area contributed by atoms with Gasteiger partial charge in [-0.15, -0.1) is 0 Å². The summed E-state index contributed by atoms with van der Waals surface area (Å²) in [6, 6.07) is 8.49. The lowest BCUT2D eigenvalue weighted by atomic mass is 9.87. The second-order valence-electron chi connectivity index (χ2n) is 10.7. The first-order chi connectivity index (χ1) is 14.0. The van der Waals surface area contributed by atoms with Crippen molar-refractivity contribution in [2.45, 2.75) is 81.1 Å². The van der Waals surface area contributed by atoms with E-state index in [0.29, 0.717) is 35.2 Å². The van der Waals surface area contributed by atoms with Crippen molar-refractivity contribution in [2.75, 3.05) is 0 Å². The summed E-state index contributed by atoms with van der Waals surface area (Å²) in [6.07, 6.45) is 3.58. The van der Waals surface area contributed by atoms with Crippen LogP contribution in [0.2, 0.25) is 0 Å². The van der Waals surface area contributed by atoms with Crippen LogP contribution < -0.4 is 0 Å². The molecular formula is C28H42O2. The van der Waals surface area contributed by atoms with E-state index in [1.807, 2.05) is 0 Å². The molecule has 2 N–H and O–H groups in total. The maximum absolute atomic E-state index is 11.2. The monoisotopic (exact) mass is 410 g/mol. The fourth-order valence-corrected chi connectivity index (χ4v) is 4.30. The van der Waals surface area contributed by atoms with E-state index in [1.54, 1.807) is 0 Å². The van der Waals surface area contributed by atoms with Gasteiger partial charge in [0.2, 0.25) is 0 Å². The zero-order valence-corrected chi connectivity index (χ0v) is 20.3. The molecule has 2 aromatic rings. The third kappa shape index (κ3) is 6.52. The molecule has 2 aromatic carbocycles. The van der Waals surface area contributed by atoms with Gasteiger partial charge in [-0.1, -0.05) is 67.5 Å². The Labute approximate surface area is 184 Å². The van der Waals surface area contributed by atoms with Crippen LogP contribution in [0, 0.1) is 23.7 Å². The molecule has 0 atom stereocenters. The zero-order valence-electron chi connectivity index (χ0n) is 20.3. The van der Waals surface area contributed by atoms with Crippen LogP contribution in [0.1, 0.15) is 77.6 Å². The molecule has 2 nitrogen and oxygen atoms in total. The molecule has 0 saturated heterocycles. The molecule has 0 aromatic heterocycles. The summed E-state index contributed by atoms with van der Waals surface area (Å²) in [4.78, 5) is 0. The number of rotatable bonds is 9. The Hall–Kier alpha value is -1.96. The van der Waals surface area contributed by atoms with Crippen molar-refractivity contribution >= 4 is 0 Å². The second-order valence-corrected chi connectivity index (χ2v) is 10.7. The number of hydrogen-bond donors (Lipinski definition) is 2. The Kier molecular flexibility index (Phi) is 8.41. The molecule has 0 aliphatic heterocycles. The zero-order chi connectivity index (χ0) is 22.6. The maximum atomic E-state index is 11.2. The smallest absolute Gasteiger partial charge is 0.126 e. The van der Waals surface area contributed by atoms with Crippen LogP contribution >= 0.6 is 0 Å². The van der Waals surface area contributed by atoms with E-state index in [0.717, 1.165) is 47.9 Å². The minimum Gasteiger partial charge on any atom is -0.507 e. The Balaban J connectivity index is 2.72. The minimum atomic E-state index is 0.323. The van der Waals surface area contributed by atoms with Crippen molar-refractivity contribution in [1.82, 2.24) is 0 Å². The van der Waals surface area contributed by atoms with Gasteiger partial charge in [-0.25, -0.2) is 0 Å². The molecule has 0 heterocycles. The summed E-state index contributed by atoms with van der Waals surface area (Å²) in [5.41, 5.74) is 5.98. The molecule has 0 aliphatic carbocycles. The van der Waals surface area contributed by atoms with Gasteiger partial charge in [0.15, 0.2) is 0 Å². The third-order valence-corrected chi connectivity index (χ3v) is 5.33. The van der Waals surface area contributed by atoms with Crippen LogP contribution in [0.4, 0.5) is 0 Å². The molecule has 0 radical (unpaired) electrons. The molecule has 2 rings (SSSR count). The highest BCUT2D eigenvalue weighted by atomic mass is 16.3. The van der Waals surface area contributed by atoms with Gasteiger partial charge in [0.25, 0.3) is 0 Å². The van der Waals surface area contributed by atoms with Gasteiger partial charge >= 0.3 is 0 Å². The molecule has 0 aliphatic rings. The number of phenols is 2. The summed E-state index contributed by atoms with van der Waals surface area (Å²) >= 11 is 0. The Morgan fingerprint density at radius 2 is 0.800 bits per heavy atom. The van der Waals surface area contributed by atoms with E-state index in [2.05, 4.69) is 79.7 Å². The first-order valence-electron chi connectivity index (χ1n) is 11.7. The van der Waals surface area contributed by atoms with Crippen LogP contribution in [-0.4, -0.2) is 10.2 Å². The minimum absolute atomic E-state index is 0.323. The highest BCUT2D eigenvalue weighted by Crippen LogP contribution is 2.42. The summed E-state index contributed by atoms with van der Waals surface area (Å²) in [7, 11) is 0. The lowest BCUT2D eigenvalue weighted by Gasteiger charge is -2.20. The van der Waals surface area contributed by atoms with Crippen LogP contribution in [0.25, 0.3) is 11.1 Å². The third-order valence-electron chi connectivity index (χ3n) is 5.33. The lowest BCUT2D eigenvalue weighted by Crippen LogP contribution is -2.03. The fourth-order valence-electron chi connectivity index (χ4n) is 4.30. The molecule has 0 bridgehead atoms. The number of hydrogen-bond acceptors (Lipinski definition) is 2. The Bertz CT molecular complexity index is 773. The number of phenolic OH excluding ortho intramolecular Hbond substituents is 2. The summed E-state index contributed by atoms with van der Waals surface area (Å²) in [5, 5.41) is 22.4. The van der Waals surface area contributed by atoms with Crippen LogP contribution in [0.15, 0.2) is 24.3 Å². The van der Waals surface area contributed by atoms with Crippen molar-refractivity contribution < 1.29 is 10.2 Å². The normalized spacial score (nSPS) is 12.0. The molecule has 2 heteroatoms. The molecule has 0 amide bonds. The van der Waals surface area contributed by atoms with Crippen molar-refractivity contribution in [3.05, 3.63) is 46.5 Å². The van der Waals surface area contributed by atoms with Crippen molar-refractivity contribution in [1.29, 1.82) is 0 Å². The van der Waals surface area contributed by atoms with Gasteiger partial charge < -0.3 is 10.2 Å². The van der Waals surface area contributed by atoms with Gasteiger partial charge in [0.05, 0.1) is 0 Å². The molecule has 0 saturated carbocycles. The summed E-state index contributed by atoms with van der Waals surface area (Å²) in [5.74, 6) is 2.62. The summed E-state index contributed by atoms with van der Waals surface area (Å²) in [6.45, 7) is 17.6. The molecular weight excluding hydrogens is 368 g/mol.